The molecule has 4 atom stereocenters. The van der Waals surface area contributed by atoms with Gasteiger partial charge in [0.15, 0.2) is 6.23 Å². The quantitative estimate of drug-likeness (QED) is 0.482. The maximum Gasteiger partial charge on any atom is 0.269 e. The molecule has 9 nitrogen and oxygen atoms in total. The third kappa shape index (κ3) is 2.25. The Labute approximate surface area is 113 Å². The van der Waals surface area contributed by atoms with E-state index in [4.69, 9.17) is 20.8 Å². The molecule has 0 saturated carbocycles. The van der Waals surface area contributed by atoms with Crippen molar-refractivity contribution < 1.29 is 24.9 Å². The highest BCUT2D eigenvalue weighted by Crippen LogP contribution is 2.31. The molecule has 0 unspecified atom stereocenters. The summed E-state index contributed by atoms with van der Waals surface area (Å²) in [5.41, 5.74) is 5.25. The first-order chi connectivity index (χ1) is 9.51. The van der Waals surface area contributed by atoms with Crippen molar-refractivity contribution in [3.05, 3.63) is 17.7 Å². The Morgan fingerprint density at radius 3 is 2.75 bits per heavy atom. The molecule has 0 aromatic carbocycles. The molecule has 108 valence electrons. The van der Waals surface area contributed by atoms with E-state index >= 15 is 0 Å². The maximum absolute atomic E-state index is 11.2. The van der Waals surface area contributed by atoms with E-state index in [1.807, 2.05) is 6.07 Å². The maximum atomic E-state index is 11.2. The second-order valence-corrected chi connectivity index (χ2v) is 4.38. The van der Waals surface area contributed by atoms with Crippen molar-refractivity contribution in [1.82, 2.24) is 9.55 Å². The molecule has 9 heteroatoms. The average molecular weight is 282 g/mol. The van der Waals surface area contributed by atoms with Gasteiger partial charge < -0.3 is 30.4 Å². The van der Waals surface area contributed by atoms with E-state index in [-0.39, 0.29) is 17.8 Å². The lowest BCUT2D eigenvalue weighted by molar-refractivity contribution is -0.0537. The average Bonchev–Trinajstić information content (AvgIpc) is 2.94. The molecule has 0 radical (unpaired) electrons. The van der Waals surface area contributed by atoms with Crippen LogP contribution in [0.1, 0.15) is 22.4 Å². The Hall–Kier alpha value is -1.99. The van der Waals surface area contributed by atoms with Crippen LogP contribution in [0.2, 0.25) is 0 Å². The van der Waals surface area contributed by atoms with Gasteiger partial charge in [0.05, 0.1) is 31.1 Å². The number of rotatable bonds is 4. The number of aliphatic hydroxyl groups is 3. The van der Waals surface area contributed by atoms with Crippen molar-refractivity contribution >= 4 is 5.91 Å². The molecule has 0 bridgehead atoms. The molecule has 1 fully saturated rings. The summed E-state index contributed by atoms with van der Waals surface area (Å²) in [4.78, 5) is 15.0. The van der Waals surface area contributed by atoms with Gasteiger partial charge >= 0.3 is 0 Å². The summed E-state index contributed by atoms with van der Waals surface area (Å²) in [7, 11) is 0. The minimum Gasteiger partial charge on any atom is -0.394 e. The van der Waals surface area contributed by atoms with Crippen molar-refractivity contribution in [2.24, 2.45) is 5.73 Å². The van der Waals surface area contributed by atoms with E-state index in [1.165, 1.54) is 10.9 Å². The number of carbonyl (C=O) groups is 1. The van der Waals surface area contributed by atoms with Crippen LogP contribution in [0.3, 0.4) is 0 Å². The van der Waals surface area contributed by atoms with Crippen LogP contribution in [-0.2, 0) is 11.2 Å². The van der Waals surface area contributed by atoms with Crippen LogP contribution < -0.4 is 5.73 Å². The zero-order valence-corrected chi connectivity index (χ0v) is 10.4. The fourth-order valence-corrected chi connectivity index (χ4v) is 2.17. The van der Waals surface area contributed by atoms with Gasteiger partial charge in [0.1, 0.15) is 24.0 Å². The van der Waals surface area contributed by atoms with Crippen LogP contribution >= 0.6 is 0 Å². The highest BCUT2D eigenvalue weighted by atomic mass is 16.6. The van der Waals surface area contributed by atoms with Crippen molar-refractivity contribution in [2.45, 2.75) is 31.0 Å². The minimum absolute atomic E-state index is 0.0933. The first-order valence-corrected chi connectivity index (χ1v) is 5.86. The fourth-order valence-electron chi connectivity index (χ4n) is 2.17. The van der Waals surface area contributed by atoms with Gasteiger partial charge in [-0.15, -0.1) is 0 Å². The van der Waals surface area contributed by atoms with Gasteiger partial charge in [-0.05, 0) is 0 Å². The summed E-state index contributed by atoms with van der Waals surface area (Å²) < 4.78 is 6.58. The zero-order chi connectivity index (χ0) is 14.9. The molecular formula is C11H14N4O5. The summed E-state index contributed by atoms with van der Waals surface area (Å²) in [6.45, 7) is -0.473. The Morgan fingerprint density at radius 2 is 2.25 bits per heavy atom. The van der Waals surface area contributed by atoms with E-state index < -0.39 is 37.1 Å². The molecule has 1 saturated heterocycles. The molecule has 1 amide bonds. The molecule has 2 heterocycles. The van der Waals surface area contributed by atoms with E-state index in [9.17, 15) is 15.0 Å². The van der Waals surface area contributed by atoms with Crippen LogP contribution in [-0.4, -0.2) is 55.7 Å². The van der Waals surface area contributed by atoms with Crippen LogP contribution in [0.4, 0.5) is 0 Å². The van der Waals surface area contributed by atoms with Gasteiger partial charge in [0.2, 0.25) is 0 Å². The number of nitriles is 1. The highest BCUT2D eigenvalue weighted by Gasteiger charge is 2.44. The second kappa shape index (κ2) is 5.56. The van der Waals surface area contributed by atoms with Gasteiger partial charge in [-0.1, -0.05) is 0 Å². The molecule has 2 rings (SSSR count). The molecular weight excluding hydrogens is 268 g/mol. The third-order valence-corrected chi connectivity index (χ3v) is 3.17. The number of nitrogens with two attached hydrogens (primary N) is 1. The van der Waals surface area contributed by atoms with Gasteiger partial charge in [0, 0.05) is 0 Å². The van der Waals surface area contributed by atoms with E-state index in [1.54, 1.807) is 0 Å². The van der Waals surface area contributed by atoms with Gasteiger partial charge in [-0.25, -0.2) is 4.98 Å². The van der Waals surface area contributed by atoms with Crippen molar-refractivity contribution in [3.8, 4) is 6.07 Å². The Balaban J connectivity index is 2.38. The number of aliphatic hydroxyl groups excluding tert-OH is 3. The first kappa shape index (κ1) is 14.4. The van der Waals surface area contributed by atoms with E-state index in [2.05, 4.69) is 4.98 Å². The predicted molar refractivity (Wildman–Crippen MR) is 63.1 cm³/mol. The first-order valence-electron chi connectivity index (χ1n) is 5.86. The summed E-state index contributed by atoms with van der Waals surface area (Å²) in [6, 6.07) is 1.86. The number of amides is 1. The lowest BCUT2D eigenvalue weighted by Crippen LogP contribution is -2.33. The highest BCUT2D eigenvalue weighted by molar-refractivity contribution is 5.92. The number of aromatic nitrogens is 2. The number of ether oxygens (including phenoxy) is 1. The molecule has 0 aliphatic carbocycles. The predicted octanol–water partition coefficient (Wildman–Crippen LogP) is -2.34. The summed E-state index contributed by atoms with van der Waals surface area (Å²) in [6.07, 6.45) is -3.56. The Morgan fingerprint density at radius 1 is 1.55 bits per heavy atom. The SMILES string of the molecule is N#CCc1c(C(N)=O)ncn1[C@@H]1O[C@H](CO)[C@@H](O)[C@H]1O. The van der Waals surface area contributed by atoms with Crippen LogP contribution in [0.5, 0.6) is 0 Å². The number of imidazole rings is 1. The van der Waals surface area contributed by atoms with Gasteiger partial charge in [-0.3, -0.25) is 4.79 Å². The fraction of sp³-hybridized carbons (Fsp3) is 0.545. The number of primary amides is 1. The largest absolute Gasteiger partial charge is 0.394 e. The van der Waals surface area contributed by atoms with Crippen molar-refractivity contribution in [2.75, 3.05) is 6.61 Å². The van der Waals surface area contributed by atoms with Crippen molar-refractivity contribution in [3.63, 3.8) is 0 Å². The number of carbonyl (C=O) groups excluding carboxylic acids is 1. The molecule has 5 N–H and O–H groups in total. The smallest absolute Gasteiger partial charge is 0.269 e. The number of hydrogen-bond donors (Lipinski definition) is 4. The number of hydrogen-bond acceptors (Lipinski definition) is 7. The molecule has 20 heavy (non-hydrogen) atoms. The van der Waals surface area contributed by atoms with Crippen LogP contribution in [0.15, 0.2) is 6.33 Å². The molecule has 1 aromatic heterocycles. The topological polar surface area (TPSA) is 155 Å². The summed E-state index contributed by atoms with van der Waals surface area (Å²) >= 11 is 0. The van der Waals surface area contributed by atoms with Crippen LogP contribution in [0, 0.1) is 11.3 Å². The zero-order valence-electron chi connectivity index (χ0n) is 10.4. The number of nitrogens with zero attached hydrogens (tertiary/aromatic N) is 3. The van der Waals surface area contributed by atoms with E-state index in [0.29, 0.717) is 0 Å². The molecule has 1 aromatic rings. The second-order valence-electron chi connectivity index (χ2n) is 4.38. The van der Waals surface area contributed by atoms with Crippen molar-refractivity contribution in [1.29, 1.82) is 5.26 Å². The minimum atomic E-state index is -1.32. The van der Waals surface area contributed by atoms with Crippen LogP contribution in [0.25, 0.3) is 0 Å². The molecule has 1 aliphatic heterocycles. The summed E-state index contributed by atoms with van der Waals surface area (Å²) in [5, 5.41) is 37.4. The van der Waals surface area contributed by atoms with E-state index in [0.717, 1.165) is 0 Å². The normalized spacial score (nSPS) is 29.3. The summed E-state index contributed by atoms with van der Waals surface area (Å²) in [5.74, 6) is -0.805. The molecule has 1 aliphatic rings. The lowest BCUT2D eigenvalue weighted by atomic mass is 10.1. The monoisotopic (exact) mass is 282 g/mol. The standard InChI is InChI=1S/C11H14N4O5/c12-2-1-5-7(10(13)19)14-4-15(5)11-9(18)8(17)6(3-16)20-11/h4,6,8-9,11,16-18H,1,3H2,(H2,13,19)/t6-,8-,9-,11-/m1/s1. The molecule has 0 spiro atoms. The lowest BCUT2D eigenvalue weighted by Gasteiger charge is -2.18. The van der Waals surface area contributed by atoms with Gasteiger partial charge in [0.25, 0.3) is 5.91 Å². The Bertz CT molecular complexity index is 551. The Kier molecular flexibility index (Phi) is 4.01. The van der Waals surface area contributed by atoms with Gasteiger partial charge in [-0.2, -0.15) is 5.26 Å². The third-order valence-electron chi connectivity index (χ3n) is 3.17.